The highest BCUT2D eigenvalue weighted by atomic mass is 19.4. The van der Waals surface area contributed by atoms with Gasteiger partial charge in [-0.1, -0.05) is 0 Å². The zero-order valence-electron chi connectivity index (χ0n) is 10.9. The number of benzene rings is 1. The molecule has 2 rings (SSSR count). The quantitative estimate of drug-likeness (QED) is 0.734. The van der Waals surface area contributed by atoms with Gasteiger partial charge >= 0.3 is 6.18 Å². The van der Waals surface area contributed by atoms with Gasteiger partial charge in [0.05, 0.1) is 17.2 Å². The van der Waals surface area contributed by atoms with Gasteiger partial charge in [-0.2, -0.15) is 13.2 Å². The predicted octanol–water partition coefficient (Wildman–Crippen LogP) is 1.15. The molecule has 2 unspecified atom stereocenters. The topological polar surface area (TPSA) is 61.4 Å². The van der Waals surface area contributed by atoms with E-state index < -0.39 is 35.1 Å². The normalized spacial score (nSPS) is 22.3. The van der Waals surface area contributed by atoms with E-state index in [-0.39, 0.29) is 12.5 Å². The van der Waals surface area contributed by atoms with Crippen LogP contribution in [0.25, 0.3) is 0 Å². The number of carbonyl (C=O) groups is 1. The van der Waals surface area contributed by atoms with Crippen molar-refractivity contribution in [3.05, 3.63) is 35.1 Å². The SMILES string of the molecule is O=C(NCC1CNCC1O)c1cc(C(F)(F)F)ccc1F. The van der Waals surface area contributed by atoms with Crippen LogP contribution >= 0.6 is 0 Å². The van der Waals surface area contributed by atoms with Crippen molar-refractivity contribution in [3.8, 4) is 0 Å². The third kappa shape index (κ3) is 3.70. The Morgan fingerprint density at radius 2 is 2.10 bits per heavy atom. The van der Waals surface area contributed by atoms with Gasteiger partial charge in [0.2, 0.25) is 0 Å². The number of alkyl halides is 3. The fourth-order valence-electron chi connectivity index (χ4n) is 2.12. The molecule has 0 aliphatic carbocycles. The number of aliphatic hydroxyl groups is 1. The molecule has 0 saturated carbocycles. The first-order valence-electron chi connectivity index (χ1n) is 6.33. The lowest BCUT2D eigenvalue weighted by atomic mass is 10.1. The third-order valence-electron chi connectivity index (χ3n) is 3.37. The molecule has 0 spiro atoms. The summed E-state index contributed by atoms with van der Waals surface area (Å²) in [6.07, 6.45) is -5.29. The second-order valence-corrected chi connectivity index (χ2v) is 4.89. The van der Waals surface area contributed by atoms with Crippen LogP contribution < -0.4 is 10.6 Å². The lowest BCUT2D eigenvalue weighted by Crippen LogP contribution is -2.34. The average molecular weight is 306 g/mol. The van der Waals surface area contributed by atoms with Crippen LogP contribution in [0.2, 0.25) is 0 Å². The maximum absolute atomic E-state index is 13.5. The predicted molar refractivity (Wildman–Crippen MR) is 66.1 cm³/mol. The molecule has 0 aromatic heterocycles. The zero-order chi connectivity index (χ0) is 15.6. The minimum atomic E-state index is -4.64. The Bertz CT molecular complexity index is 533. The molecule has 1 amide bonds. The van der Waals surface area contributed by atoms with E-state index in [4.69, 9.17) is 0 Å². The smallest absolute Gasteiger partial charge is 0.391 e. The molecule has 4 nitrogen and oxygen atoms in total. The molecule has 0 radical (unpaired) electrons. The maximum atomic E-state index is 13.5. The van der Waals surface area contributed by atoms with E-state index in [0.717, 1.165) is 0 Å². The maximum Gasteiger partial charge on any atom is 0.416 e. The zero-order valence-corrected chi connectivity index (χ0v) is 10.9. The molecular formula is C13H14F4N2O2. The van der Waals surface area contributed by atoms with E-state index in [1.54, 1.807) is 0 Å². The van der Waals surface area contributed by atoms with Gasteiger partial charge in [0.15, 0.2) is 0 Å². The monoisotopic (exact) mass is 306 g/mol. The second-order valence-electron chi connectivity index (χ2n) is 4.89. The Hall–Kier alpha value is -1.67. The molecule has 3 N–H and O–H groups in total. The number of rotatable bonds is 3. The standard InChI is InChI=1S/C13H14F4N2O2/c14-10-2-1-8(13(15,16)17)3-9(10)12(21)19-5-7-4-18-6-11(7)20/h1-3,7,11,18,20H,4-6H2,(H,19,21). The van der Waals surface area contributed by atoms with Crippen LogP contribution in [0.1, 0.15) is 15.9 Å². The summed E-state index contributed by atoms with van der Waals surface area (Å²) >= 11 is 0. The molecule has 1 aliphatic rings. The minimum Gasteiger partial charge on any atom is -0.391 e. The summed E-state index contributed by atoms with van der Waals surface area (Å²) in [6, 6.07) is 1.68. The molecular weight excluding hydrogens is 292 g/mol. The van der Waals surface area contributed by atoms with Crippen molar-refractivity contribution in [2.24, 2.45) is 5.92 Å². The fourth-order valence-corrected chi connectivity index (χ4v) is 2.12. The van der Waals surface area contributed by atoms with Crippen LogP contribution in [0.4, 0.5) is 17.6 Å². The van der Waals surface area contributed by atoms with Gasteiger partial charge in [0.1, 0.15) is 5.82 Å². The van der Waals surface area contributed by atoms with Crippen LogP contribution in [0, 0.1) is 11.7 Å². The summed E-state index contributed by atoms with van der Waals surface area (Å²) in [5, 5.41) is 14.8. The Balaban J connectivity index is 2.08. The molecule has 1 fully saturated rings. The van der Waals surface area contributed by atoms with E-state index in [1.165, 1.54) is 0 Å². The summed E-state index contributed by atoms with van der Waals surface area (Å²) < 4.78 is 51.1. The number of amides is 1. The second kappa shape index (κ2) is 5.98. The van der Waals surface area contributed by atoms with Gasteiger partial charge in [-0.05, 0) is 18.2 Å². The van der Waals surface area contributed by atoms with Crippen LogP contribution in [0.3, 0.4) is 0 Å². The minimum absolute atomic E-state index is 0.0582. The number of nitrogens with one attached hydrogen (secondary N) is 2. The number of carbonyl (C=O) groups excluding carboxylic acids is 1. The first-order valence-corrected chi connectivity index (χ1v) is 6.33. The highest BCUT2D eigenvalue weighted by Crippen LogP contribution is 2.30. The molecule has 0 bridgehead atoms. The van der Waals surface area contributed by atoms with Gasteiger partial charge in [-0.15, -0.1) is 0 Å². The van der Waals surface area contributed by atoms with E-state index >= 15 is 0 Å². The summed E-state index contributed by atoms with van der Waals surface area (Å²) in [5.74, 6) is -2.20. The van der Waals surface area contributed by atoms with Crippen molar-refractivity contribution in [2.75, 3.05) is 19.6 Å². The number of β-amino-alcohol motifs (C(OH)–C–C–N with tert-alkyl or cyclic N) is 1. The van der Waals surface area contributed by atoms with E-state index in [0.29, 0.717) is 31.3 Å². The first-order chi connectivity index (χ1) is 9.79. The summed E-state index contributed by atoms with van der Waals surface area (Å²) in [4.78, 5) is 11.8. The molecule has 1 aliphatic heterocycles. The molecule has 1 saturated heterocycles. The number of hydrogen-bond donors (Lipinski definition) is 3. The number of halogens is 4. The van der Waals surface area contributed by atoms with Gasteiger partial charge in [0.25, 0.3) is 5.91 Å². The molecule has 8 heteroatoms. The van der Waals surface area contributed by atoms with Crippen molar-refractivity contribution >= 4 is 5.91 Å². The molecule has 1 aromatic rings. The van der Waals surface area contributed by atoms with E-state index in [1.807, 2.05) is 0 Å². The Kier molecular flexibility index (Phi) is 4.48. The van der Waals surface area contributed by atoms with Crippen molar-refractivity contribution in [1.82, 2.24) is 10.6 Å². The average Bonchev–Trinajstić information content (AvgIpc) is 2.80. The summed E-state index contributed by atoms with van der Waals surface area (Å²) in [7, 11) is 0. The van der Waals surface area contributed by atoms with Gasteiger partial charge < -0.3 is 15.7 Å². The third-order valence-corrected chi connectivity index (χ3v) is 3.37. The van der Waals surface area contributed by atoms with Crippen molar-refractivity contribution < 1.29 is 27.5 Å². The van der Waals surface area contributed by atoms with Crippen LogP contribution in [0.15, 0.2) is 18.2 Å². The number of hydrogen-bond acceptors (Lipinski definition) is 3. The summed E-state index contributed by atoms with van der Waals surface area (Å²) in [6.45, 7) is 0.924. The van der Waals surface area contributed by atoms with Crippen LogP contribution in [0.5, 0.6) is 0 Å². The Labute approximate surface area is 118 Å². The van der Waals surface area contributed by atoms with Gasteiger partial charge in [0, 0.05) is 25.6 Å². The van der Waals surface area contributed by atoms with E-state index in [2.05, 4.69) is 10.6 Å². The van der Waals surface area contributed by atoms with Gasteiger partial charge in [-0.25, -0.2) is 4.39 Å². The summed E-state index contributed by atoms with van der Waals surface area (Å²) in [5.41, 5.74) is -1.75. The van der Waals surface area contributed by atoms with Gasteiger partial charge in [-0.3, -0.25) is 4.79 Å². The van der Waals surface area contributed by atoms with Crippen LogP contribution in [-0.2, 0) is 6.18 Å². The van der Waals surface area contributed by atoms with Crippen molar-refractivity contribution in [1.29, 1.82) is 0 Å². The number of aliphatic hydroxyl groups excluding tert-OH is 1. The largest absolute Gasteiger partial charge is 0.416 e. The molecule has 116 valence electrons. The lowest BCUT2D eigenvalue weighted by Gasteiger charge is -2.15. The van der Waals surface area contributed by atoms with Crippen molar-refractivity contribution in [3.63, 3.8) is 0 Å². The fraction of sp³-hybridized carbons (Fsp3) is 0.462. The molecule has 21 heavy (non-hydrogen) atoms. The van der Waals surface area contributed by atoms with Crippen LogP contribution in [-0.4, -0.2) is 36.8 Å². The molecule has 1 aromatic carbocycles. The Morgan fingerprint density at radius 3 is 2.67 bits per heavy atom. The highest BCUT2D eigenvalue weighted by molar-refractivity contribution is 5.94. The lowest BCUT2D eigenvalue weighted by molar-refractivity contribution is -0.137. The Morgan fingerprint density at radius 1 is 1.38 bits per heavy atom. The highest BCUT2D eigenvalue weighted by Gasteiger charge is 2.32. The first kappa shape index (κ1) is 15.7. The van der Waals surface area contributed by atoms with E-state index in [9.17, 15) is 27.5 Å². The molecule has 2 atom stereocenters. The van der Waals surface area contributed by atoms with Crippen molar-refractivity contribution in [2.45, 2.75) is 12.3 Å². The molecule has 1 heterocycles.